The van der Waals surface area contributed by atoms with Crippen molar-refractivity contribution >= 4 is 41.4 Å². The van der Waals surface area contributed by atoms with E-state index in [1.54, 1.807) is 22.7 Å². The van der Waals surface area contributed by atoms with Gasteiger partial charge >= 0.3 is 0 Å². The lowest BCUT2D eigenvalue weighted by Gasteiger charge is -2.21. The maximum absolute atomic E-state index is 14.5. The third kappa shape index (κ3) is 4.46. The fourth-order valence-electron chi connectivity index (χ4n) is 3.74. The molecule has 10 heteroatoms. The average molecular weight is 475 g/mol. The van der Waals surface area contributed by atoms with Crippen molar-refractivity contribution in [3.05, 3.63) is 54.2 Å². The van der Waals surface area contributed by atoms with Crippen LogP contribution in [0, 0.1) is 11.3 Å². The predicted octanol–water partition coefficient (Wildman–Crippen LogP) is 4.13. The number of pyridine rings is 2. The summed E-state index contributed by atoms with van der Waals surface area (Å²) in [6.45, 7) is 1.38. The molecule has 1 N–H and O–H groups in total. The Morgan fingerprint density at radius 3 is 2.75 bits per heavy atom. The number of nitrogens with one attached hydrogen (secondary N) is 1. The van der Waals surface area contributed by atoms with Crippen molar-refractivity contribution in [1.29, 1.82) is 5.26 Å². The number of benzene rings is 1. The van der Waals surface area contributed by atoms with Crippen LogP contribution in [0.4, 0.5) is 4.39 Å². The quantitative estimate of drug-likeness (QED) is 0.480. The molecule has 166 valence electrons. The van der Waals surface area contributed by atoms with Crippen molar-refractivity contribution in [2.75, 3.05) is 13.1 Å². The molecule has 2 atom stereocenters. The second-order valence-corrected chi connectivity index (χ2v) is 7.31. The largest absolute Gasteiger partial charge is 0.485 e. The van der Waals surface area contributed by atoms with Gasteiger partial charge in [-0.25, -0.2) is 9.37 Å². The highest BCUT2D eigenvalue weighted by atomic mass is 35.5. The molecule has 0 bridgehead atoms. The minimum atomic E-state index is -1.02. The van der Waals surface area contributed by atoms with E-state index in [1.807, 2.05) is 30.3 Å². The summed E-state index contributed by atoms with van der Waals surface area (Å²) in [7, 11) is 0. The van der Waals surface area contributed by atoms with Crippen LogP contribution in [0.5, 0.6) is 5.75 Å². The number of aromatic nitrogens is 4. The molecule has 0 radical (unpaired) electrons. The molecule has 4 heterocycles. The maximum Gasteiger partial charge on any atom is 0.187 e. The van der Waals surface area contributed by atoms with Crippen molar-refractivity contribution in [3.63, 3.8) is 0 Å². The molecule has 1 fully saturated rings. The number of halogens is 3. The van der Waals surface area contributed by atoms with Crippen molar-refractivity contribution in [2.24, 2.45) is 0 Å². The van der Waals surface area contributed by atoms with Crippen LogP contribution in [0.3, 0.4) is 0 Å². The van der Waals surface area contributed by atoms with Gasteiger partial charge in [0.2, 0.25) is 0 Å². The number of rotatable bonds is 3. The molecule has 0 aliphatic carbocycles. The predicted molar refractivity (Wildman–Crippen MR) is 124 cm³/mol. The highest BCUT2D eigenvalue weighted by Crippen LogP contribution is 2.29. The molecule has 5 rings (SSSR count). The molecular formula is C22H21Cl2FN6O. The Balaban J connectivity index is 0.00000144. The van der Waals surface area contributed by atoms with E-state index >= 15 is 0 Å². The summed E-state index contributed by atoms with van der Waals surface area (Å²) in [4.78, 5) is 4.77. The molecular weight excluding hydrogens is 454 g/mol. The molecule has 7 nitrogen and oxygen atoms in total. The van der Waals surface area contributed by atoms with Crippen molar-refractivity contribution in [1.82, 2.24) is 24.9 Å². The van der Waals surface area contributed by atoms with Gasteiger partial charge in [0.25, 0.3) is 0 Å². The highest BCUT2D eigenvalue weighted by molar-refractivity contribution is 5.86. The van der Waals surface area contributed by atoms with E-state index in [9.17, 15) is 9.65 Å². The molecule has 32 heavy (non-hydrogen) atoms. The van der Waals surface area contributed by atoms with Crippen molar-refractivity contribution < 1.29 is 9.13 Å². The number of nitriles is 1. The van der Waals surface area contributed by atoms with Crippen LogP contribution in [-0.2, 0) is 0 Å². The first-order valence-electron chi connectivity index (χ1n) is 9.89. The summed E-state index contributed by atoms with van der Waals surface area (Å²) < 4.78 is 22.3. The zero-order chi connectivity index (χ0) is 20.5. The number of fused-ring (bicyclic) bond motifs is 2. The van der Waals surface area contributed by atoms with Crippen LogP contribution in [0.2, 0.25) is 0 Å². The minimum absolute atomic E-state index is 0. The summed E-state index contributed by atoms with van der Waals surface area (Å²) in [5.41, 5.74) is 2.37. The van der Waals surface area contributed by atoms with Crippen molar-refractivity contribution in [2.45, 2.75) is 25.1 Å². The summed E-state index contributed by atoms with van der Waals surface area (Å²) in [5, 5.41) is 21.7. The molecule has 1 saturated heterocycles. The van der Waals surface area contributed by atoms with Crippen LogP contribution in [-0.4, -0.2) is 44.9 Å². The number of para-hydroxylation sites is 1. The average Bonchev–Trinajstić information content (AvgIpc) is 3.10. The Labute approximate surface area is 196 Å². The summed E-state index contributed by atoms with van der Waals surface area (Å²) >= 11 is 0. The molecule has 0 spiro atoms. The number of alkyl halides is 1. The van der Waals surface area contributed by atoms with Crippen LogP contribution >= 0.6 is 24.8 Å². The molecule has 3 aromatic heterocycles. The van der Waals surface area contributed by atoms with E-state index in [0.717, 1.165) is 11.9 Å². The van der Waals surface area contributed by atoms with Crippen LogP contribution in [0.1, 0.15) is 18.4 Å². The second kappa shape index (κ2) is 10.1. The van der Waals surface area contributed by atoms with Gasteiger partial charge in [-0.15, -0.1) is 35.0 Å². The van der Waals surface area contributed by atoms with Crippen LogP contribution in [0.25, 0.3) is 28.1 Å². The molecule has 0 unspecified atom stereocenters. The van der Waals surface area contributed by atoms with Gasteiger partial charge in [-0.2, -0.15) is 5.26 Å². The number of hydrogen-bond acceptors (Lipinski definition) is 6. The standard InChI is InChI=1S/C22H19FN6O.2ClH/c23-16-8-10-25-11-9-18(16)30-19-3-1-2-15-5-6-17(26-21(15)19)22-28-27-20-7-4-14(12-24)13-29(20)22;;/h1-7,13,16,18,25H,8-11H2;2*1H/t16-,18-;;/m0../s1. The van der Waals surface area contributed by atoms with Gasteiger partial charge in [0, 0.05) is 11.6 Å². The molecule has 1 aliphatic heterocycles. The first-order valence-corrected chi connectivity index (χ1v) is 9.89. The topological polar surface area (TPSA) is 88.1 Å². The lowest BCUT2D eigenvalue weighted by Crippen LogP contribution is -2.28. The number of ether oxygens (including phenoxy) is 1. The Morgan fingerprint density at radius 2 is 1.91 bits per heavy atom. The molecule has 1 aromatic carbocycles. The molecule has 4 aromatic rings. The van der Waals surface area contributed by atoms with E-state index < -0.39 is 12.3 Å². The fourth-order valence-corrected chi connectivity index (χ4v) is 3.74. The van der Waals surface area contributed by atoms with Crippen LogP contribution < -0.4 is 10.1 Å². The van der Waals surface area contributed by atoms with Crippen LogP contribution in [0.15, 0.2) is 48.7 Å². The van der Waals surface area contributed by atoms with Gasteiger partial charge in [-0.1, -0.05) is 18.2 Å². The summed E-state index contributed by atoms with van der Waals surface area (Å²) in [5.74, 6) is 1.08. The second-order valence-electron chi connectivity index (χ2n) is 7.31. The smallest absolute Gasteiger partial charge is 0.187 e. The zero-order valence-electron chi connectivity index (χ0n) is 16.9. The van der Waals surface area contributed by atoms with E-state index in [1.165, 1.54) is 0 Å². The highest BCUT2D eigenvalue weighted by Gasteiger charge is 2.25. The van der Waals surface area contributed by atoms with E-state index in [2.05, 4.69) is 21.6 Å². The van der Waals surface area contributed by atoms with Gasteiger partial charge < -0.3 is 10.1 Å². The monoisotopic (exact) mass is 474 g/mol. The van der Waals surface area contributed by atoms with Crippen molar-refractivity contribution in [3.8, 4) is 23.3 Å². The summed E-state index contributed by atoms with van der Waals surface area (Å²) in [6, 6.07) is 15.0. The first-order chi connectivity index (χ1) is 14.7. The molecule has 0 saturated carbocycles. The Hall–Kier alpha value is -2.99. The Bertz CT molecular complexity index is 1270. The fraction of sp³-hybridized carbons (Fsp3) is 0.273. The molecule has 1 aliphatic rings. The maximum atomic E-state index is 14.5. The summed E-state index contributed by atoms with van der Waals surface area (Å²) in [6.07, 6.45) is 1.18. The third-order valence-corrected chi connectivity index (χ3v) is 5.33. The normalized spacial score (nSPS) is 18.2. The first kappa shape index (κ1) is 23.7. The van der Waals surface area contributed by atoms with E-state index in [-0.39, 0.29) is 24.8 Å². The van der Waals surface area contributed by atoms with Gasteiger partial charge in [-0.05, 0) is 50.2 Å². The lowest BCUT2D eigenvalue weighted by atomic mass is 10.1. The van der Waals surface area contributed by atoms with Gasteiger partial charge in [0.05, 0.1) is 5.56 Å². The van der Waals surface area contributed by atoms with Gasteiger partial charge in [-0.3, -0.25) is 4.40 Å². The van der Waals surface area contributed by atoms with E-state index in [0.29, 0.717) is 53.4 Å². The van der Waals surface area contributed by atoms with E-state index in [4.69, 9.17) is 9.72 Å². The zero-order valence-corrected chi connectivity index (χ0v) is 18.6. The number of nitrogens with zero attached hydrogens (tertiary/aromatic N) is 5. The third-order valence-electron chi connectivity index (χ3n) is 5.33. The SMILES string of the molecule is Cl.Cl.N#Cc1ccc2nnc(-c3ccc4cccc(O[C@H]5CCNCC[C@@H]5F)c4n3)n2c1. The molecule has 0 amide bonds. The van der Waals surface area contributed by atoms with Gasteiger partial charge in [0.15, 0.2) is 11.5 Å². The van der Waals surface area contributed by atoms with Gasteiger partial charge in [0.1, 0.15) is 35.3 Å². The Kier molecular flexibility index (Phi) is 7.46. The minimum Gasteiger partial charge on any atom is -0.485 e. The number of hydrogen-bond donors (Lipinski definition) is 1. The Morgan fingerprint density at radius 1 is 1.06 bits per heavy atom. The lowest BCUT2D eigenvalue weighted by molar-refractivity contribution is 0.0983.